The number of carbonyl (C=O) groups is 3. The van der Waals surface area contributed by atoms with Crippen molar-refractivity contribution < 1.29 is 14.4 Å². The molecule has 1 fully saturated rings. The lowest BCUT2D eigenvalue weighted by atomic mass is 9.74. The minimum atomic E-state index is -1.37. The van der Waals surface area contributed by atoms with E-state index in [-0.39, 0.29) is 13.0 Å². The van der Waals surface area contributed by atoms with Crippen LogP contribution < -0.4 is 5.32 Å². The van der Waals surface area contributed by atoms with E-state index in [1.807, 2.05) is 36.4 Å². The van der Waals surface area contributed by atoms with Crippen LogP contribution in [0.3, 0.4) is 0 Å². The van der Waals surface area contributed by atoms with Crippen LogP contribution in [0, 0.1) is 0 Å². The first-order valence-corrected chi connectivity index (χ1v) is 7.86. The third-order valence-corrected chi connectivity index (χ3v) is 4.44. The lowest BCUT2D eigenvalue weighted by molar-refractivity contribution is -0.146. The number of hydrogen-bond donors (Lipinski definition) is 1. The third kappa shape index (κ3) is 2.48. The van der Waals surface area contributed by atoms with Gasteiger partial charge in [0.1, 0.15) is 0 Å². The molecule has 122 valence electrons. The number of nitrogens with zero attached hydrogens (tertiary/aromatic N) is 1. The van der Waals surface area contributed by atoms with Crippen molar-refractivity contribution in [3.63, 3.8) is 0 Å². The van der Waals surface area contributed by atoms with Crippen molar-refractivity contribution in [2.45, 2.75) is 25.3 Å². The Hall–Kier alpha value is -2.95. The Morgan fingerprint density at radius 3 is 2.08 bits per heavy atom. The van der Waals surface area contributed by atoms with E-state index < -0.39 is 23.3 Å². The molecular weight excluding hydrogens is 304 g/mol. The van der Waals surface area contributed by atoms with Crippen molar-refractivity contribution >= 4 is 17.8 Å². The van der Waals surface area contributed by atoms with Crippen LogP contribution in [-0.4, -0.2) is 22.7 Å². The van der Waals surface area contributed by atoms with Gasteiger partial charge in [-0.25, -0.2) is 4.79 Å². The zero-order valence-corrected chi connectivity index (χ0v) is 13.4. The zero-order valence-electron chi connectivity index (χ0n) is 13.4. The van der Waals surface area contributed by atoms with Crippen LogP contribution in [0.15, 0.2) is 60.7 Å². The van der Waals surface area contributed by atoms with Crippen LogP contribution in [0.4, 0.5) is 4.79 Å². The standard InChI is InChI=1S/C19H18N2O3/c1-2-19(15-11-7-4-8-12-15)16(22)20-18(24)21(17(19)23)13-14-9-5-3-6-10-14/h3-12H,2,13H2,1H3,(H,20,22,24)/t19-/m1/s1. The van der Waals surface area contributed by atoms with Crippen molar-refractivity contribution in [1.29, 1.82) is 0 Å². The van der Waals surface area contributed by atoms with Gasteiger partial charge in [0.15, 0.2) is 5.41 Å². The van der Waals surface area contributed by atoms with Gasteiger partial charge in [-0.1, -0.05) is 67.6 Å². The highest BCUT2D eigenvalue weighted by Crippen LogP contribution is 2.34. The fraction of sp³-hybridized carbons (Fsp3) is 0.211. The van der Waals surface area contributed by atoms with Gasteiger partial charge < -0.3 is 0 Å². The van der Waals surface area contributed by atoms with E-state index in [0.717, 1.165) is 10.5 Å². The first kappa shape index (κ1) is 15.9. The molecule has 5 heteroatoms. The number of amides is 4. The number of urea groups is 1. The summed E-state index contributed by atoms with van der Waals surface area (Å²) in [5, 5.41) is 2.35. The molecule has 1 aliphatic rings. The van der Waals surface area contributed by atoms with E-state index in [0.29, 0.717) is 5.56 Å². The summed E-state index contributed by atoms with van der Waals surface area (Å²) in [6.07, 6.45) is 0.278. The molecule has 0 aromatic heterocycles. The average molecular weight is 322 g/mol. The van der Waals surface area contributed by atoms with Crippen molar-refractivity contribution in [2.75, 3.05) is 0 Å². The molecule has 4 amide bonds. The quantitative estimate of drug-likeness (QED) is 0.880. The van der Waals surface area contributed by atoms with Crippen molar-refractivity contribution in [3.05, 3.63) is 71.8 Å². The monoisotopic (exact) mass is 322 g/mol. The Kier molecular flexibility index (Phi) is 4.16. The Morgan fingerprint density at radius 1 is 0.917 bits per heavy atom. The van der Waals surface area contributed by atoms with E-state index >= 15 is 0 Å². The molecule has 0 unspecified atom stereocenters. The summed E-state index contributed by atoms with van der Waals surface area (Å²) < 4.78 is 0. The molecule has 1 atom stereocenters. The van der Waals surface area contributed by atoms with Gasteiger partial charge in [0, 0.05) is 0 Å². The van der Waals surface area contributed by atoms with Crippen molar-refractivity contribution in [2.24, 2.45) is 0 Å². The van der Waals surface area contributed by atoms with Gasteiger partial charge in [0.05, 0.1) is 6.54 Å². The largest absolute Gasteiger partial charge is 0.331 e. The molecule has 1 heterocycles. The lowest BCUT2D eigenvalue weighted by Crippen LogP contribution is -2.65. The number of carbonyl (C=O) groups excluding carboxylic acids is 3. The number of nitrogens with one attached hydrogen (secondary N) is 1. The summed E-state index contributed by atoms with van der Waals surface area (Å²) in [7, 11) is 0. The molecular formula is C19H18N2O3. The van der Waals surface area contributed by atoms with E-state index in [1.54, 1.807) is 31.2 Å². The SMILES string of the molecule is CC[C@@]1(c2ccccc2)C(=O)NC(=O)N(Cc2ccccc2)C1=O. The molecule has 2 aromatic rings. The number of hydrogen-bond acceptors (Lipinski definition) is 3. The molecule has 1 aliphatic heterocycles. The Balaban J connectivity index is 2.02. The maximum Gasteiger partial charge on any atom is 0.331 e. The summed E-state index contributed by atoms with van der Waals surface area (Å²) in [6, 6.07) is 17.4. The van der Waals surface area contributed by atoms with Gasteiger partial charge in [-0.15, -0.1) is 0 Å². The van der Waals surface area contributed by atoms with Crippen LogP contribution in [-0.2, 0) is 21.5 Å². The molecule has 0 radical (unpaired) electrons. The average Bonchev–Trinajstić information content (AvgIpc) is 2.61. The second-order valence-corrected chi connectivity index (χ2v) is 5.76. The van der Waals surface area contributed by atoms with Gasteiger partial charge in [-0.3, -0.25) is 19.8 Å². The second kappa shape index (κ2) is 6.28. The molecule has 1 N–H and O–H groups in total. The minimum absolute atomic E-state index is 0.132. The molecule has 2 aromatic carbocycles. The first-order valence-electron chi connectivity index (χ1n) is 7.86. The molecule has 0 spiro atoms. The fourth-order valence-corrected chi connectivity index (χ4v) is 3.09. The normalized spacial score (nSPS) is 20.9. The topological polar surface area (TPSA) is 66.5 Å². The van der Waals surface area contributed by atoms with E-state index in [1.165, 1.54) is 0 Å². The van der Waals surface area contributed by atoms with Gasteiger partial charge in [-0.2, -0.15) is 0 Å². The third-order valence-electron chi connectivity index (χ3n) is 4.44. The predicted octanol–water partition coefficient (Wildman–Crippen LogP) is 2.61. The van der Waals surface area contributed by atoms with Gasteiger partial charge in [0.25, 0.3) is 5.91 Å². The van der Waals surface area contributed by atoms with E-state index in [9.17, 15) is 14.4 Å². The van der Waals surface area contributed by atoms with Crippen molar-refractivity contribution in [3.8, 4) is 0 Å². The summed E-state index contributed by atoms with van der Waals surface area (Å²) in [4.78, 5) is 39.1. The summed E-state index contributed by atoms with van der Waals surface area (Å²) in [5.74, 6) is -1.04. The van der Waals surface area contributed by atoms with Crippen LogP contribution in [0.1, 0.15) is 24.5 Å². The van der Waals surface area contributed by atoms with Crippen molar-refractivity contribution in [1.82, 2.24) is 10.2 Å². The van der Waals surface area contributed by atoms with Crippen LogP contribution in [0.25, 0.3) is 0 Å². The van der Waals surface area contributed by atoms with E-state index in [4.69, 9.17) is 0 Å². The highest BCUT2D eigenvalue weighted by atomic mass is 16.2. The first-order chi connectivity index (χ1) is 11.6. The highest BCUT2D eigenvalue weighted by Gasteiger charge is 2.53. The predicted molar refractivity (Wildman–Crippen MR) is 88.9 cm³/mol. The summed E-state index contributed by atoms with van der Waals surface area (Å²) >= 11 is 0. The second-order valence-electron chi connectivity index (χ2n) is 5.76. The summed E-state index contributed by atoms with van der Waals surface area (Å²) in [5.41, 5.74) is 0.0539. The minimum Gasteiger partial charge on any atom is -0.276 e. The molecule has 1 saturated heterocycles. The number of imide groups is 2. The molecule has 0 saturated carbocycles. The fourth-order valence-electron chi connectivity index (χ4n) is 3.09. The number of barbiturate groups is 1. The van der Waals surface area contributed by atoms with Gasteiger partial charge in [-0.05, 0) is 17.5 Å². The number of benzene rings is 2. The Morgan fingerprint density at radius 2 is 1.50 bits per heavy atom. The van der Waals surface area contributed by atoms with Crippen LogP contribution in [0.5, 0.6) is 0 Å². The van der Waals surface area contributed by atoms with Gasteiger partial charge >= 0.3 is 6.03 Å². The molecule has 0 bridgehead atoms. The van der Waals surface area contributed by atoms with Crippen LogP contribution in [0.2, 0.25) is 0 Å². The Labute approximate surface area is 140 Å². The number of rotatable bonds is 4. The highest BCUT2D eigenvalue weighted by molar-refractivity contribution is 6.22. The van der Waals surface area contributed by atoms with Crippen LogP contribution >= 0.6 is 0 Å². The maximum absolute atomic E-state index is 13.1. The maximum atomic E-state index is 13.1. The zero-order chi connectivity index (χ0) is 17.2. The van der Waals surface area contributed by atoms with Gasteiger partial charge in [0.2, 0.25) is 5.91 Å². The molecule has 24 heavy (non-hydrogen) atoms. The molecule has 5 nitrogen and oxygen atoms in total. The smallest absolute Gasteiger partial charge is 0.276 e. The summed E-state index contributed by atoms with van der Waals surface area (Å²) in [6.45, 7) is 1.91. The van der Waals surface area contributed by atoms with E-state index in [2.05, 4.69) is 5.32 Å². The molecule has 3 rings (SSSR count). The lowest BCUT2D eigenvalue weighted by Gasteiger charge is -2.39. The molecule has 0 aliphatic carbocycles. The Bertz CT molecular complexity index is 774.